The first-order chi connectivity index (χ1) is 6.29. The van der Waals surface area contributed by atoms with Gasteiger partial charge in [-0.3, -0.25) is 0 Å². The summed E-state index contributed by atoms with van der Waals surface area (Å²) >= 11 is 0. The van der Waals surface area contributed by atoms with Gasteiger partial charge in [0, 0.05) is 26.4 Å². The van der Waals surface area contributed by atoms with Crippen LogP contribution in [0.15, 0.2) is 0 Å². The van der Waals surface area contributed by atoms with Gasteiger partial charge in [0.15, 0.2) is 0 Å². The minimum atomic E-state index is 0.824. The summed E-state index contributed by atoms with van der Waals surface area (Å²) in [5, 5.41) is 0. The molecule has 0 saturated carbocycles. The van der Waals surface area contributed by atoms with Crippen LogP contribution in [0.5, 0.6) is 0 Å². The van der Waals surface area contributed by atoms with Gasteiger partial charge in [-0.1, -0.05) is 13.8 Å². The number of ether oxygens (including phenoxy) is 2. The summed E-state index contributed by atoms with van der Waals surface area (Å²) < 4.78 is 10.2. The highest BCUT2D eigenvalue weighted by Crippen LogP contribution is 2.11. The number of hydrogen-bond donors (Lipinski definition) is 0. The van der Waals surface area contributed by atoms with Gasteiger partial charge in [-0.05, 0) is 31.1 Å². The zero-order valence-corrected chi connectivity index (χ0v) is 8.92. The monoisotopic (exact) mass is 186 g/mol. The third-order valence-electron chi connectivity index (χ3n) is 2.67. The molecular weight excluding hydrogens is 164 g/mol. The van der Waals surface area contributed by atoms with E-state index >= 15 is 0 Å². The van der Waals surface area contributed by atoms with Crippen molar-refractivity contribution in [3.8, 4) is 0 Å². The molecule has 2 rings (SSSR count). The second-order valence-corrected chi connectivity index (χ2v) is 4.26. The van der Waals surface area contributed by atoms with Crippen molar-refractivity contribution in [1.82, 2.24) is 0 Å². The summed E-state index contributed by atoms with van der Waals surface area (Å²) in [7, 11) is 0. The van der Waals surface area contributed by atoms with Crippen LogP contribution in [-0.4, -0.2) is 26.4 Å². The van der Waals surface area contributed by atoms with Gasteiger partial charge in [0.25, 0.3) is 0 Å². The molecule has 0 amide bonds. The van der Waals surface area contributed by atoms with Gasteiger partial charge in [-0.25, -0.2) is 0 Å². The largest absolute Gasteiger partial charge is 0.381 e. The predicted octanol–water partition coefficient (Wildman–Crippen LogP) is 2.48. The third kappa shape index (κ3) is 5.27. The molecule has 1 atom stereocenters. The Bertz CT molecular complexity index is 113. The van der Waals surface area contributed by atoms with Crippen LogP contribution >= 0.6 is 0 Å². The van der Waals surface area contributed by atoms with Crippen molar-refractivity contribution < 1.29 is 9.47 Å². The van der Waals surface area contributed by atoms with E-state index in [-0.39, 0.29) is 0 Å². The smallest absolute Gasteiger partial charge is 0.0492 e. The zero-order chi connectivity index (χ0) is 9.52. The minimum absolute atomic E-state index is 0.824. The van der Waals surface area contributed by atoms with Gasteiger partial charge < -0.3 is 9.47 Å². The summed E-state index contributed by atoms with van der Waals surface area (Å²) in [5.41, 5.74) is 0. The highest BCUT2D eigenvalue weighted by atomic mass is 16.5. The second kappa shape index (κ2) is 6.39. The molecule has 0 spiro atoms. The van der Waals surface area contributed by atoms with Crippen molar-refractivity contribution in [2.75, 3.05) is 26.4 Å². The predicted molar refractivity (Wildman–Crippen MR) is 53.8 cm³/mol. The summed E-state index contributed by atoms with van der Waals surface area (Å²) in [4.78, 5) is 0. The topological polar surface area (TPSA) is 18.5 Å². The van der Waals surface area contributed by atoms with Crippen LogP contribution in [0.3, 0.4) is 0 Å². The van der Waals surface area contributed by atoms with E-state index in [2.05, 4.69) is 13.8 Å². The van der Waals surface area contributed by atoms with Crippen molar-refractivity contribution in [3.63, 3.8) is 0 Å². The first kappa shape index (κ1) is 11.0. The number of hydrogen-bond acceptors (Lipinski definition) is 2. The van der Waals surface area contributed by atoms with Gasteiger partial charge >= 0.3 is 0 Å². The van der Waals surface area contributed by atoms with Crippen molar-refractivity contribution in [2.45, 2.75) is 33.1 Å². The summed E-state index contributed by atoms with van der Waals surface area (Å²) in [6, 6.07) is 0. The molecule has 0 aromatic rings. The van der Waals surface area contributed by atoms with Crippen LogP contribution in [0, 0.1) is 11.8 Å². The van der Waals surface area contributed by atoms with E-state index in [9.17, 15) is 0 Å². The molecule has 2 aliphatic heterocycles. The van der Waals surface area contributed by atoms with Crippen molar-refractivity contribution in [1.29, 1.82) is 0 Å². The van der Waals surface area contributed by atoms with Gasteiger partial charge in [-0.15, -0.1) is 0 Å². The highest BCUT2D eigenvalue weighted by Gasteiger charge is 2.07. The quantitative estimate of drug-likeness (QED) is 0.578. The average molecular weight is 186 g/mol. The maximum atomic E-state index is 5.14. The van der Waals surface area contributed by atoms with Crippen LogP contribution in [0.2, 0.25) is 0 Å². The van der Waals surface area contributed by atoms with E-state index in [0.29, 0.717) is 0 Å². The van der Waals surface area contributed by atoms with Crippen LogP contribution in [0.25, 0.3) is 0 Å². The Morgan fingerprint density at radius 2 is 1.31 bits per heavy atom. The van der Waals surface area contributed by atoms with E-state index in [1.807, 2.05) is 0 Å². The Morgan fingerprint density at radius 3 is 1.54 bits per heavy atom. The fourth-order valence-electron chi connectivity index (χ4n) is 1.47. The van der Waals surface area contributed by atoms with E-state index < -0.39 is 0 Å². The first-order valence-electron chi connectivity index (χ1n) is 5.44. The van der Waals surface area contributed by atoms with E-state index in [4.69, 9.17) is 9.47 Å². The molecule has 0 aromatic carbocycles. The molecular formula is C11H22O2. The van der Waals surface area contributed by atoms with Crippen LogP contribution in [0.4, 0.5) is 0 Å². The van der Waals surface area contributed by atoms with Crippen molar-refractivity contribution >= 4 is 0 Å². The SMILES string of the molecule is CC1CCOC1.CC1CCOCC1. The Hall–Kier alpha value is -0.0800. The lowest BCUT2D eigenvalue weighted by molar-refractivity contribution is 0.0716. The Morgan fingerprint density at radius 1 is 0.769 bits per heavy atom. The summed E-state index contributed by atoms with van der Waals surface area (Å²) in [6.45, 7) is 8.44. The minimum Gasteiger partial charge on any atom is -0.381 e. The number of rotatable bonds is 0. The molecule has 1 unspecified atom stereocenters. The van der Waals surface area contributed by atoms with Gasteiger partial charge in [0.1, 0.15) is 0 Å². The van der Waals surface area contributed by atoms with Crippen LogP contribution in [-0.2, 0) is 9.47 Å². The molecule has 0 bridgehead atoms. The third-order valence-corrected chi connectivity index (χ3v) is 2.67. The molecule has 2 nitrogen and oxygen atoms in total. The van der Waals surface area contributed by atoms with Crippen LogP contribution < -0.4 is 0 Å². The molecule has 2 aliphatic rings. The van der Waals surface area contributed by atoms with Crippen molar-refractivity contribution in [3.05, 3.63) is 0 Å². The van der Waals surface area contributed by atoms with Gasteiger partial charge in [0.05, 0.1) is 0 Å². The van der Waals surface area contributed by atoms with E-state index in [1.165, 1.54) is 19.3 Å². The molecule has 2 fully saturated rings. The van der Waals surface area contributed by atoms with Gasteiger partial charge in [0.2, 0.25) is 0 Å². The molecule has 78 valence electrons. The molecule has 13 heavy (non-hydrogen) atoms. The lowest BCUT2D eigenvalue weighted by Gasteiger charge is -2.16. The highest BCUT2D eigenvalue weighted by molar-refractivity contribution is 4.56. The fourth-order valence-corrected chi connectivity index (χ4v) is 1.47. The first-order valence-corrected chi connectivity index (χ1v) is 5.44. The maximum absolute atomic E-state index is 5.14. The molecule has 2 heterocycles. The van der Waals surface area contributed by atoms with E-state index in [1.54, 1.807) is 0 Å². The Kier molecular flexibility index (Phi) is 5.40. The molecule has 0 radical (unpaired) electrons. The Balaban J connectivity index is 0.000000132. The average Bonchev–Trinajstić information content (AvgIpc) is 2.58. The molecule has 2 heteroatoms. The summed E-state index contributed by atoms with van der Waals surface area (Å²) in [5.74, 6) is 1.73. The fraction of sp³-hybridized carbons (Fsp3) is 1.00. The standard InChI is InChI=1S/C6H12O.C5H10O/c1-6-2-4-7-5-3-6;1-5-2-3-6-4-5/h6H,2-5H2,1H3;5H,2-4H2,1H3. The molecule has 0 N–H and O–H groups in total. The second-order valence-electron chi connectivity index (χ2n) is 4.26. The lowest BCUT2D eigenvalue weighted by atomic mass is 10.0. The van der Waals surface area contributed by atoms with Gasteiger partial charge in [-0.2, -0.15) is 0 Å². The Labute approximate surface area is 81.6 Å². The summed E-state index contributed by atoms with van der Waals surface area (Å²) in [6.07, 6.45) is 3.79. The molecule has 0 aliphatic carbocycles. The van der Waals surface area contributed by atoms with Crippen molar-refractivity contribution in [2.24, 2.45) is 11.8 Å². The maximum Gasteiger partial charge on any atom is 0.0492 e. The van der Waals surface area contributed by atoms with Crippen LogP contribution in [0.1, 0.15) is 33.1 Å². The lowest BCUT2D eigenvalue weighted by Crippen LogP contribution is -2.12. The van der Waals surface area contributed by atoms with E-state index in [0.717, 1.165) is 38.3 Å². The molecule has 0 aromatic heterocycles. The molecule has 2 saturated heterocycles. The normalized spacial score (nSPS) is 29.5. The zero-order valence-electron chi connectivity index (χ0n) is 8.92.